The number of carbonyl (C=O) groups excluding carboxylic acids is 1. The van der Waals surface area contributed by atoms with E-state index in [2.05, 4.69) is 19.2 Å². The summed E-state index contributed by atoms with van der Waals surface area (Å²) in [5, 5.41) is 13.7. The molecule has 0 saturated heterocycles. The molecule has 53 heavy (non-hydrogen) atoms. The lowest BCUT2D eigenvalue weighted by molar-refractivity contribution is -0.123. The van der Waals surface area contributed by atoms with Crippen LogP contribution in [-0.2, 0) is 18.4 Å². The number of nitrogens with two attached hydrogens (primary N) is 1. The number of hydrogen-bond acceptors (Lipinski definition) is 6. The summed E-state index contributed by atoms with van der Waals surface area (Å²) in [6.07, 6.45) is 45.5. The summed E-state index contributed by atoms with van der Waals surface area (Å²) in [5.41, 5.74) is 5.37. The van der Waals surface area contributed by atoms with Crippen molar-refractivity contribution in [1.82, 2.24) is 5.32 Å². The Hall–Kier alpha value is -0.760. The van der Waals surface area contributed by atoms with Gasteiger partial charge in [0.25, 0.3) is 0 Å². The maximum absolute atomic E-state index is 12.8. The molecule has 316 valence electrons. The molecule has 0 aromatic rings. The third-order valence-electron chi connectivity index (χ3n) is 10.4. The van der Waals surface area contributed by atoms with E-state index >= 15 is 0 Å². The Morgan fingerprint density at radius 2 is 0.962 bits per heavy atom. The van der Waals surface area contributed by atoms with Gasteiger partial charge in [-0.3, -0.25) is 13.8 Å². The molecule has 0 aliphatic carbocycles. The van der Waals surface area contributed by atoms with Crippen LogP contribution in [-0.4, -0.2) is 47.8 Å². The third-order valence-corrected chi connectivity index (χ3v) is 11.3. The first-order valence-corrected chi connectivity index (χ1v) is 24.3. The summed E-state index contributed by atoms with van der Waals surface area (Å²) < 4.78 is 22.1. The van der Waals surface area contributed by atoms with Crippen LogP contribution in [0.3, 0.4) is 0 Å². The van der Waals surface area contributed by atoms with Crippen LogP contribution in [0.4, 0.5) is 0 Å². The molecule has 0 aliphatic rings. The molecule has 3 atom stereocenters. The fraction of sp³-hybridized carbons (Fsp3) is 0.932. The van der Waals surface area contributed by atoms with Crippen LogP contribution in [0.1, 0.15) is 232 Å². The van der Waals surface area contributed by atoms with Crippen LogP contribution in [0.5, 0.6) is 0 Å². The van der Waals surface area contributed by atoms with E-state index in [-0.39, 0.29) is 25.7 Å². The van der Waals surface area contributed by atoms with Crippen LogP contribution in [0.25, 0.3) is 0 Å². The van der Waals surface area contributed by atoms with E-state index in [0.29, 0.717) is 6.42 Å². The second-order valence-corrected chi connectivity index (χ2v) is 17.1. The highest BCUT2D eigenvalue weighted by molar-refractivity contribution is 7.47. The van der Waals surface area contributed by atoms with Crippen molar-refractivity contribution in [2.75, 3.05) is 19.8 Å². The molecule has 0 aliphatic heterocycles. The number of carbonyl (C=O) groups is 1. The van der Waals surface area contributed by atoms with Gasteiger partial charge in [0.05, 0.1) is 25.4 Å². The Labute approximate surface area is 328 Å². The molecule has 5 N–H and O–H groups in total. The quantitative estimate of drug-likeness (QED) is 0.0276. The van der Waals surface area contributed by atoms with Gasteiger partial charge in [-0.2, -0.15) is 0 Å². The minimum absolute atomic E-state index is 0.0813. The first-order chi connectivity index (χ1) is 25.9. The Balaban J connectivity index is 4.08. The van der Waals surface area contributed by atoms with E-state index in [1.165, 1.54) is 173 Å². The van der Waals surface area contributed by atoms with Crippen LogP contribution in [0.2, 0.25) is 0 Å². The highest BCUT2D eigenvalue weighted by atomic mass is 31.2. The molecule has 0 fully saturated rings. The number of phosphoric ester groups is 1. The van der Waals surface area contributed by atoms with Crippen LogP contribution in [0.15, 0.2) is 12.2 Å². The topological polar surface area (TPSA) is 131 Å². The standard InChI is InChI=1S/C44H89N2O6P/c1-3-5-7-9-11-13-15-17-18-19-20-21-22-23-24-26-28-30-32-34-36-38-44(48)46-42(41-52-53(49,50)51-40-39-45)43(47)37-35-33-31-29-27-25-16-14-12-10-8-6-4-2/h35,37,42-43,47H,3-34,36,38-41,45H2,1-2H3,(H,46,48)(H,49,50)/b37-35+. The number of nitrogens with one attached hydrogen (secondary N) is 1. The number of unbranched alkanes of at least 4 members (excludes halogenated alkanes) is 31. The van der Waals surface area contributed by atoms with Gasteiger partial charge in [-0.15, -0.1) is 0 Å². The van der Waals surface area contributed by atoms with Crippen molar-refractivity contribution >= 4 is 13.7 Å². The number of phosphoric acid groups is 1. The summed E-state index contributed by atoms with van der Waals surface area (Å²) in [7, 11) is -4.33. The van der Waals surface area contributed by atoms with Gasteiger partial charge in [-0.05, 0) is 19.3 Å². The summed E-state index contributed by atoms with van der Waals surface area (Å²) in [6.45, 7) is 4.16. The van der Waals surface area contributed by atoms with E-state index in [1.54, 1.807) is 6.08 Å². The van der Waals surface area contributed by atoms with Gasteiger partial charge >= 0.3 is 7.82 Å². The lowest BCUT2D eigenvalue weighted by Crippen LogP contribution is -2.45. The number of aliphatic hydroxyl groups is 1. The van der Waals surface area contributed by atoms with Gasteiger partial charge in [0, 0.05) is 13.0 Å². The highest BCUT2D eigenvalue weighted by Crippen LogP contribution is 2.43. The Bertz CT molecular complexity index is 845. The van der Waals surface area contributed by atoms with Crippen molar-refractivity contribution in [3.63, 3.8) is 0 Å². The molecule has 0 heterocycles. The Morgan fingerprint density at radius 3 is 1.34 bits per heavy atom. The van der Waals surface area contributed by atoms with Crippen LogP contribution >= 0.6 is 7.82 Å². The fourth-order valence-corrected chi connectivity index (χ4v) is 7.66. The second-order valence-electron chi connectivity index (χ2n) is 15.6. The smallest absolute Gasteiger partial charge is 0.387 e. The van der Waals surface area contributed by atoms with E-state index in [0.717, 1.165) is 38.5 Å². The van der Waals surface area contributed by atoms with Crippen molar-refractivity contribution < 1.29 is 28.4 Å². The molecular formula is C44H89N2O6P. The van der Waals surface area contributed by atoms with Gasteiger partial charge in [0.2, 0.25) is 5.91 Å². The predicted octanol–water partition coefficient (Wildman–Crippen LogP) is 12.8. The normalized spacial score (nSPS) is 14.1. The van der Waals surface area contributed by atoms with Crippen LogP contribution in [0, 0.1) is 0 Å². The molecule has 0 aromatic carbocycles. The fourth-order valence-electron chi connectivity index (χ4n) is 6.90. The van der Waals surface area contributed by atoms with Gasteiger partial charge < -0.3 is 21.1 Å². The molecule has 0 saturated carbocycles. The first kappa shape index (κ1) is 52.2. The number of allylic oxidation sites excluding steroid dienone is 1. The summed E-state index contributed by atoms with van der Waals surface area (Å²) in [6, 6.07) is -0.854. The minimum atomic E-state index is -4.33. The van der Waals surface area contributed by atoms with Crippen molar-refractivity contribution in [2.45, 2.75) is 244 Å². The molecule has 9 heteroatoms. The first-order valence-electron chi connectivity index (χ1n) is 22.8. The zero-order valence-corrected chi connectivity index (χ0v) is 35.9. The molecule has 3 unspecified atom stereocenters. The Morgan fingerprint density at radius 1 is 0.604 bits per heavy atom. The largest absolute Gasteiger partial charge is 0.472 e. The van der Waals surface area contributed by atoms with E-state index in [4.69, 9.17) is 14.8 Å². The number of hydrogen-bond donors (Lipinski definition) is 4. The van der Waals surface area contributed by atoms with Gasteiger partial charge in [0.1, 0.15) is 0 Å². The molecule has 1 amide bonds. The van der Waals surface area contributed by atoms with E-state index in [9.17, 15) is 19.4 Å². The number of aliphatic hydroxyl groups excluding tert-OH is 1. The minimum Gasteiger partial charge on any atom is -0.387 e. The molecule has 0 bridgehead atoms. The van der Waals surface area contributed by atoms with Gasteiger partial charge in [-0.25, -0.2) is 4.57 Å². The van der Waals surface area contributed by atoms with Crippen molar-refractivity contribution in [2.24, 2.45) is 5.73 Å². The molecule has 0 radical (unpaired) electrons. The van der Waals surface area contributed by atoms with E-state index < -0.39 is 20.0 Å². The monoisotopic (exact) mass is 773 g/mol. The van der Waals surface area contributed by atoms with Crippen molar-refractivity contribution in [1.29, 1.82) is 0 Å². The molecule has 8 nitrogen and oxygen atoms in total. The zero-order chi connectivity index (χ0) is 38.9. The van der Waals surface area contributed by atoms with Crippen LogP contribution < -0.4 is 11.1 Å². The highest BCUT2D eigenvalue weighted by Gasteiger charge is 2.26. The lowest BCUT2D eigenvalue weighted by atomic mass is 10.0. The molecule has 0 rings (SSSR count). The maximum atomic E-state index is 12.8. The zero-order valence-electron chi connectivity index (χ0n) is 35.0. The lowest BCUT2D eigenvalue weighted by Gasteiger charge is -2.23. The molecule has 0 aromatic heterocycles. The van der Waals surface area contributed by atoms with Gasteiger partial charge in [-0.1, -0.05) is 219 Å². The maximum Gasteiger partial charge on any atom is 0.472 e. The third kappa shape index (κ3) is 39.3. The SMILES string of the molecule is CCCCCCCCCCCCC/C=C/C(O)C(COP(=O)(O)OCCN)NC(=O)CCCCCCCCCCCCCCCCCCCCCCC. The molecular weight excluding hydrogens is 683 g/mol. The van der Waals surface area contributed by atoms with E-state index in [1.807, 2.05) is 6.08 Å². The number of amides is 1. The second kappa shape index (κ2) is 40.9. The van der Waals surface area contributed by atoms with Gasteiger partial charge in [0.15, 0.2) is 0 Å². The van der Waals surface area contributed by atoms with Crippen molar-refractivity contribution in [3.05, 3.63) is 12.2 Å². The average Bonchev–Trinajstić information content (AvgIpc) is 3.14. The Kier molecular flexibility index (Phi) is 40.3. The molecule has 0 spiro atoms. The average molecular weight is 773 g/mol. The summed E-state index contributed by atoms with van der Waals surface area (Å²) >= 11 is 0. The summed E-state index contributed by atoms with van der Waals surface area (Å²) in [4.78, 5) is 22.7. The summed E-state index contributed by atoms with van der Waals surface area (Å²) in [5.74, 6) is -0.190. The number of rotatable bonds is 43. The van der Waals surface area contributed by atoms with Crippen molar-refractivity contribution in [3.8, 4) is 0 Å². The predicted molar refractivity (Wildman–Crippen MR) is 226 cm³/mol.